The number of carbonyl (C=O) groups is 1. The van der Waals surface area contributed by atoms with Crippen molar-refractivity contribution in [2.45, 2.75) is 19.9 Å². The van der Waals surface area contributed by atoms with Crippen LogP contribution < -0.4 is 24.4 Å². The lowest BCUT2D eigenvalue weighted by atomic mass is 9.93. The van der Waals surface area contributed by atoms with Crippen molar-refractivity contribution in [3.8, 4) is 11.5 Å². The van der Waals surface area contributed by atoms with Crippen LogP contribution >= 0.6 is 11.3 Å². The molecule has 4 aromatic rings. The van der Waals surface area contributed by atoms with Crippen molar-refractivity contribution in [2.75, 3.05) is 20.3 Å². The van der Waals surface area contributed by atoms with Crippen LogP contribution in [0.25, 0.3) is 11.8 Å². The van der Waals surface area contributed by atoms with E-state index in [9.17, 15) is 9.59 Å². The van der Waals surface area contributed by atoms with E-state index in [1.807, 2.05) is 91.9 Å². The first-order valence-corrected chi connectivity index (χ1v) is 13.5. The van der Waals surface area contributed by atoms with E-state index in [-0.39, 0.29) is 12.2 Å². The minimum absolute atomic E-state index is 0.192. The normalized spacial score (nSPS) is 14.9. The van der Waals surface area contributed by atoms with Gasteiger partial charge in [0.15, 0.2) is 4.80 Å². The molecule has 39 heavy (non-hydrogen) atoms. The Morgan fingerprint density at radius 2 is 1.74 bits per heavy atom. The van der Waals surface area contributed by atoms with Gasteiger partial charge in [0.25, 0.3) is 5.56 Å². The van der Waals surface area contributed by atoms with Gasteiger partial charge in [-0.3, -0.25) is 9.36 Å². The molecule has 198 valence electrons. The van der Waals surface area contributed by atoms with Gasteiger partial charge in [0, 0.05) is 5.56 Å². The van der Waals surface area contributed by atoms with Crippen LogP contribution in [0, 0.1) is 0 Å². The summed E-state index contributed by atoms with van der Waals surface area (Å²) in [5.41, 5.74) is 2.88. The Balaban J connectivity index is 1.78. The van der Waals surface area contributed by atoms with Gasteiger partial charge in [0.05, 0.1) is 42.2 Å². The second-order valence-corrected chi connectivity index (χ2v) is 9.72. The minimum atomic E-state index is -0.756. The first kappa shape index (κ1) is 26.2. The number of carbonyl (C=O) groups excluding carboxylic acids is 1. The topological polar surface area (TPSA) is 79.1 Å². The van der Waals surface area contributed by atoms with Crippen molar-refractivity contribution in [3.63, 3.8) is 0 Å². The molecule has 2 heterocycles. The summed E-state index contributed by atoms with van der Waals surface area (Å²) in [6.45, 7) is 4.46. The van der Waals surface area contributed by atoms with Gasteiger partial charge in [0.1, 0.15) is 11.5 Å². The van der Waals surface area contributed by atoms with Crippen LogP contribution in [0.5, 0.6) is 11.5 Å². The lowest BCUT2D eigenvalue weighted by Crippen LogP contribution is -2.40. The molecule has 1 atom stereocenters. The summed E-state index contributed by atoms with van der Waals surface area (Å²) in [7, 11) is 1.58. The molecule has 0 N–H and O–H groups in total. The quantitative estimate of drug-likeness (QED) is 0.311. The summed E-state index contributed by atoms with van der Waals surface area (Å²) in [6, 6.07) is 23.7. The molecule has 0 radical (unpaired) electrons. The summed E-state index contributed by atoms with van der Waals surface area (Å²) in [6.07, 6.45) is 1.83. The minimum Gasteiger partial charge on any atom is -0.497 e. The van der Waals surface area contributed by atoms with E-state index in [1.165, 1.54) is 11.3 Å². The lowest BCUT2D eigenvalue weighted by Gasteiger charge is -2.26. The number of esters is 1. The van der Waals surface area contributed by atoms with E-state index >= 15 is 0 Å². The first-order chi connectivity index (χ1) is 19.0. The van der Waals surface area contributed by atoms with Gasteiger partial charge in [-0.1, -0.05) is 65.9 Å². The second kappa shape index (κ2) is 11.5. The van der Waals surface area contributed by atoms with Gasteiger partial charge in [-0.05, 0) is 55.3 Å². The number of benzene rings is 3. The Morgan fingerprint density at radius 1 is 0.974 bits per heavy atom. The van der Waals surface area contributed by atoms with Crippen LogP contribution in [0.15, 0.2) is 94.2 Å². The highest BCUT2D eigenvalue weighted by Crippen LogP contribution is 2.36. The molecule has 3 aromatic carbocycles. The maximum absolute atomic E-state index is 13.9. The number of hydrogen-bond donors (Lipinski definition) is 0. The average molecular weight is 541 g/mol. The molecule has 1 aliphatic rings. The fourth-order valence-electron chi connectivity index (χ4n) is 4.55. The number of methoxy groups -OCH3 is 1. The summed E-state index contributed by atoms with van der Waals surface area (Å²) in [5.74, 6) is 0.861. The molecular formula is C31H28N2O5S. The Bertz CT molecular complexity index is 1700. The third kappa shape index (κ3) is 5.28. The van der Waals surface area contributed by atoms with E-state index < -0.39 is 12.0 Å². The van der Waals surface area contributed by atoms with Crippen molar-refractivity contribution < 1.29 is 19.0 Å². The highest BCUT2D eigenvalue weighted by molar-refractivity contribution is 7.07. The summed E-state index contributed by atoms with van der Waals surface area (Å²) >= 11 is 1.28. The molecule has 0 spiro atoms. The SMILES string of the molecule is CCOC(=O)C1=C(c2ccccc2)N=c2s/c(=C\c3ccc(OCC)cc3)c(=O)n2[C@H]1c1cccc(OC)c1. The largest absolute Gasteiger partial charge is 0.497 e. The second-order valence-electron chi connectivity index (χ2n) is 8.71. The highest BCUT2D eigenvalue weighted by Gasteiger charge is 2.35. The maximum atomic E-state index is 13.9. The monoisotopic (exact) mass is 540 g/mol. The number of thiazole rings is 1. The van der Waals surface area contributed by atoms with Gasteiger partial charge >= 0.3 is 5.97 Å². The van der Waals surface area contributed by atoms with E-state index in [1.54, 1.807) is 18.6 Å². The summed E-state index contributed by atoms with van der Waals surface area (Å²) in [4.78, 5) is 32.8. The van der Waals surface area contributed by atoms with Crippen molar-refractivity contribution in [1.29, 1.82) is 0 Å². The van der Waals surface area contributed by atoms with Gasteiger partial charge in [0.2, 0.25) is 0 Å². The molecule has 0 saturated carbocycles. The molecule has 0 aliphatic carbocycles. The highest BCUT2D eigenvalue weighted by atomic mass is 32.1. The number of ether oxygens (including phenoxy) is 3. The van der Waals surface area contributed by atoms with E-state index in [4.69, 9.17) is 19.2 Å². The maximum Gasteiger partial charge on any atom is 0.338 e. The van der Waals surface area contributed by atoms with Crippen LogP contribution in [0.1, 0.15) is 36.6 Å². The fourth-order valence-corrected chi connectivity index (χ4v) is 5.55. The van der Waals surface area contributed by atoms with Crippen molar-refractivity contribution >= 4 is 29.1 Å². The van der Waals surface area contributed by atoms with E-state index in [2.05, 4.69) is 0 Å². The lowest BCUT2D eigenvalue weighted by molar-refractivity contribution is -0.138. The molecule has 5 rings (SSSR count). The van der Waals surface area contributed by atoms with Crippen molar-refractivity contribution in [2.24, 2.45) is 4.99 Å². The zero-order chi connectivity index (χ0) is 27.4. The molecule has 0 fully saturated rings. The van der Waals surface area contributed by atoms with Crippen molar-refractivity contribution in [1.82, 2.24) is 4.57 Å². The molecule has 7 nitrogen and oxygen atoms in total. The average Bonchev–Trinajstić information content (AvgIpc) is 3.28. The Hall–Kier alpha value is -4.43. The predicted molar refractivity (Wildman–Crippen MR) is 152 cm³/mol. The van der Waals surface area contributed by atoms with Gasteiger partial charge < -0.3 is 14.2 Å². The fraction of sp³-hybridized carbons (Fsp3) is 0.194. The predicted octanol–water partition coefficient (Wildman–Crippen LogP) is 4.34. The Morgan fingerprint density at radius 3 is 2.44 bits per heavy atom. The standard InChI is InChI=1S/C31H28N2O5S/c1-4-37-23-16-14-20(15-17-23)18-25-29(34)33-28(22-12-9-13-24(19-22)36-3)26(30(35)38-5-2)27(32-31(33)39-25)21-10-7-6-8-11-21/h6-19,28H,4-5H2,1-3H3/b25-18-/t28-/m0/s1. The molecule has 0 bridgehead atoms. The molecule has 0 amide bonds. The third-order valence-electron chi connectivity index (χ3n) is 6.27. The summed E-state index contributed by atoms with van der Waals surface area (Å²) in [5, 5.41) is 0. The molecular weight excluding hydrogens is 512 g/mol. The number of rotatable bonds is 8. The zero-order valence-corrected chi connectivity index (χ0v) is 22.7. The Kier molecular flexibility index (Phi) is 7.74. The third-order valence-corrected chi connectivity index (χ3v) is 7.26. The van der Waals surface area contributed by atoms with Crippen LogP contribution in [0.4, 0.5) is 0 Å². The summed E-state index contributed by atoms with van der Waals surface area (Å²) < 4.78 is 18.6. The molecule has 8 heteroatoms. The van der Waals surface area contributed by atoms with Crippen LogP contribution in [-0.2, 0) is 9.53 Å². The number of nitrogens with zero attached hydrogens (tertiary/aromatic N) is 2. The number of fused-ring (bicyclic) bond motifs is 1. The smallest absolute Gasteiger partial charge is 0.338 e. The number of aromatic nitrogens is 1. The molecule has 0 saturated heterocycles. The van der Waals surface area contributed by atoms with Gasteiger partial charge in [-0.2, -0.15) is 0 Å². The zero-order valence-electron chi connectivity index (χ0n) is 21.9. The van der Waals surface area contributed by atoms with E-state index in [0.717, 1.165) is 22.4 Å². The molecule has 1 aliphatic heterocycles. The first-order valence-electron chi connectivity index (χ1n) is 12.7. The van der Waals surface area contributed by atoms with E-state index in [0.29, 0.717) is 33.0 Å². The van der Waals surface area contributed by atoms with Gasteiger partial charge in [-0.15, -0.1) is 0 Å². The van der Waals surface area contributed by atoms with Crippen molar-refractivity contribution in [3.05, 3.63) is 121 Å². The molecule has 0 unspecified atom stereocenters. The van der Waals surface area contributed by atoms with Crippen LogP contribution in [-0.4, -0.2) is 30.9 Å². The van der Waals surface area contributed by atoms with Gasteiger partial charge in [-0.25, -0.2) is 9.79 Å². The van der Waals surface area contributed by atoms with Crippen LogP contribution in [0.2, 0.25) is 0 Å². The Labute approximate surface area is 229 Å². The number of hydrogen-bond acceptors (Lipinski definition) is 7. The van der Waals surface area contributed by atoms with Crippen LogP contribution in [0.3, 0.4) is 0 Å². The molecule has 1 aromatic heterocycles.